The van der Waals surface area contributed by atoms with Gasteiger partial charge in [0.15, 0.2) is 5.65 Å². The molecule has 128 valence electrons. The van der Waals surface area contributed by atoms with Gasteiger partial charge in [0.25, 0.3) is 5.56 Å². The van der Waals surface area contributed by atoms with E-state index >= 15 is 0 Å². The summed E-state index contributed by atoms with van der Waals surface area (Å²) >= 11 is 0. The maximum absolute atomic E-state index is 12.7. The van der Waals surface area contributed by atoms with Crippen molar-refractivity contribution < 1.29 is 0 Å². The summed E-state index contributed by atoms with van der Waals surface area (Å²) in [6, 6.07) is 15.7. The maximum atomic E-state index is 12.7. The standard InChI is InChI=1S/C20H17N5O/c1-14-8-9-15(2)16(10-14)11-22-24-13-21-19-18(20(24)26)12-23-25(19)17-6-4-3-5-7-17/h3-13H,1-2H3/b22-11-. The first-order chi connectivity index (χ1) is 12.6. The average Bonchev–Trinajstić information content (AvgIpc) is 3.09. The Morgan fingerprint density at radius 1 is 1.08 bits per heavy atom. The fourth-order valence-corrected chi connectivity index (χ4v) is 2.77. The van der Waals surface area contributed by atoms with Crippen molar-refractivity contribution in [3.05, 3.63) is 88.1 Å². The fraction of sp³-hybridized carbons (Fsp3) is 0.100. The van der Waals surface area contributed by atoms with E-state index in [1.807, 2.05) is 62.4 Å². The Hall–Kier alpha value is -3.54. The molecule has 2 aromatic heterocycles. The molecule has 0 aliphatic heterocycles. The molecule has 0 N–H and O–H groups in total. The smallest absolute Gasteiger partial charge is 0.266 e. The van der Waals surface area contributed by atoms with Crippen LogP contribution in [0.2, 0.25) is 0 Å². The largest absolute Gasteiger partial charge is 0.285 e. The topological polar surface area (TPSA) is 65.1 Å². The van der Waals surface area contributed by atoms with Gasteiger partial charge in [-0.1, -0.05) is 42.0 Å². The molecule has 0 aliphatic carbocycles. The molecule has 0 aliphatic rings. The highest BCUT2D eigenvalue weighted by Crippen LogP contribution is 2.13. The van der Waals surface area contributed by atoms with E-state index in [1.54, 1.807) is 10.9 Å². The summed E-state index contributed by atoms with van der Waals surface area (Å²) in [6.07, 6.45) is 4.63. The van der Waals surface area contributed by atoms with Crippen molar-refractivity contribution in [3.8, 4) is 5.69 Å². The minimum absolute atomic E-state index is 0.251. The molecular weight excluding hydrogens is 326 g/mol. The second-order valence-electron chi connectivity index (χ2n) is 6.13. The Morgan fingerprint density at radius 2 is 1.88 bits per heavy atom. The molecule has 26 heavy (non-hydrogen) atoms. The zero-order chi connectivity index (χ0) is 18.1. The van der Waals surface area contributed by atoms with Crippen LogP contribution in [-0.2, 0) is 0 Å². The van der Waals surface area contributed by atoms with Crippen LogP contribution in [0.25, 0.3) is 16.7 Å². The highest BCUT2D eigenvalue weighted by Gasteiger charge is 2.10. The molecule has 2 heterocycles. The van der Waals surface area contributed by atoms with Crippen molar-refractivity contribution in [2.45, 2.75) is 13.8 Å². The molecule has 0 unspecified atom stereocenters. The van der Waals surface area contributed by atoms with Crippen molar-refractivity contribution in [2.75, 3.05) is 0 Å². The number of rotatable bonds is 3. The summed E-state index contributed by atoms with van der Waals surface area (Å²) in [5, 5.41) is 9.02. The van der Waals surface area contributed by atoms with Gasteiger partial charge in [-0.3, -0.25) is 4.79 Å². The Bertz CT molecular complexity index is 1170. The Kier molecular flexibility index (Phi) is 3.93. The fourth-order valence-electron chi connectivity index (χ4n) is 2.77. The summed E-state index contributed by atoms with van der Waals surface area (Å²) in [5.41, 5.74) is 4.32. The third kappa shape index (κ3) is 2.82. The SMILES string of the molecule is Cc1ccc(C)c(/C=N\n2cnc3c(cnn3-c3ccccc3)c2=O)c1. The van der Waals surface area contributed by atoms with Gasteiger partial charge in [-0.05, 0) is 37.1 Å². The predicted molar refractivity (Wildman–Crippen MR) is 102 cm³/mol. The van der Waals surface area contributed by atoms with Crippen molar-refractivity contribution in [2.24, 2.45) is 5.10 Å². The number of benzene rings is 2. The lowest BCUT2D eigenvalue weighted by Crippen LogP contribution is -2.17. The van der Waals surface area contributed by atoms with E-state index in [9.17, 15) is 4.79 Å². The quantitative estimate of drug-likeness (QED) is 0.537. The van der Waals surface area contributed by atoms with Crippen molar-refractivity contribution in [1.29, 1.82) is 0 Å². The second kappa shape index (κ2) is 6.40. The van der Waals surface area contributed by atoms with E-state index < -0.39 is 0 Å². The van der Waals surface area contributed by atoms with Crippen LogP contribution in [0.3, 0.4) is 0 Å². The number of para-hydroxylation sites is 1. The van der Waals surface area contributed by atoms with Gasteiger partial charge in [0.05, 0.1) is 18.1 Å². The Labute approximate surface area is 150 Å². The minimum Gasteiger partial charge on any atom is -0.266 e. The molecule has 6 nitrogen and oxygen atoms in total. The molecule has 0 spiro atoms. The van der Waals surface area contributed by atoms with Gasteiger partial charge in [0, 0.05) is 0 Å². The van der Waals surface area contributed by atoms with Gasteiger partial charge < -0.3 is 0 Å². The van der Waals surface area contributed by atoms with Gasteiger partial charge in [-0.2, -0.15) is 14.9 Å². The molecule has 0 fully saturated rings. The van der Waals surface area contributed by atoms with Crippen LogP contribution in [-0.4, -0.2) is 25.7 Å². The number of aryl methyl sites for hydroxylation is 2. The monoisotopic (exact) mass is 343 g/mol. The van der Waals surface area contributed by atoms with Gasteiger partial charge in [0.1, 0.15) is 11.7 Å². The second-order valence-corrected chi connectivity index (χ2v) is 6.13. The average molecular weight is 343 g/mol. The molecular formula is C20H17N5O. The van der Waals surface area contributed by atoms with Gasteiger partial charge in [0.2, 0.25) is 0 Å². The molecule has 0 atom stereocenters. The van der Waals surface area contributed by atoms with E-state index in [4.69, 9.17) is 0 Å². The van der Waals surface area contributed by atoms with Crippen LogP contribution in [0.5, 0.6) is 0 Å². The van der Waals surface area contributed by atoms with Gasteiger partial charge >= 0.3 is 0 Å². The molecule has 0 bridgehead atoms. The minimum atomic E-state index is -0.251. The number of nitrogens with zero attached hydrogens (tertiary/aromatic N) is 5. The first-order valence-corrected chi connectivity index (χ1v) is 8.26. The lowest BCUT2D eigenvalue weighted by atomic mass is 10.1. The molecule has 0 amide bonds. The number of hydrogen-bond acceptors (Lipinski definition) is 4. The van der Waals surface area contributed by atoms with E-state index in [0.29, 0.717) is 11.0 Å². The first-order valence-electron chi connectivity index (χ1n) is 8.26. The summed E-state index contributed by atoms with van der Waals surface area (Å²) in [5.74, 6) is 0. The third-order valence-corrected chi connectivity index (χ3v) is 4.23. The highest BCUT2D eigenvalue weighted by atomic mass is 16.1. The van der Waals surface area contributed by atoms with Gasteiger partial charge in [-0.25, -0.2) is 9.67 Å². The Balaban J connectivity index is 1.76. The summed E-state index contributed by atoms with van der Waals surface area (Å²) < 4.78 is 2.89. The molecule has 6 heteroatoms. The van der Waals surface area contributed by atoms with Crippen LogP contribution < -0.4 is 5.56 Å². The Morgan fingerprint density at radius 3 is 2.69 bits per heavy atom. The van der Waals surface area contributed by atoms with Crippen molar-refractivity contribution in [1.82, 2.24) is 19.4 Å². The zero-order valence-electron chi connectivity index (χ0n) is 14.5. The lowest BCUT2D eigenvalue weighted by molar-refractivity contribution is 0.809. The van der Waals surface area contributed by atoms with E-state index in [0.717, 1.165) is 22.4 Å². The van der Waals surface area contributed by atoms with Crippen LogP contribution in [0.4, 0.5) is 0 Å². The zero-order valence-corrected chi connectivity index (χ0v) is 14.5. The summed E-state index contributed by atoms with van der Waals surface area (Å²) in [7, 11) is 0. The van der Waals surface area contributed by atoms with Crippen molar-refractivity contribution >= 4 is 17.2 Å². The van der Waals surface area contributed by atoms with Crippen LogP contribution in [0.15, 0.2) is 71.0 Å². The molecule has 4 rings (SSSR count). The number of fused-ring (bicyclic) bond motifs is 1. The van der Waals surface area contributed by atoms with Crippen LogP contribution in [0.1, 0.15) is 16.7 Å². The first kappa shape index (κ1) is 16.0. The molecule has 0 radical (unpaired) electrons. The maximum Gasteiger partial charge on any atom is 0.285 e. The van der Waals surface area contributed by atoms with E-state index in [-0.39, 0.29) is 5.56 Å². The predicted octanol–water partition coefficient (Wildman–Crippen LogP) is 3.08. The molecule has 0 saturated carbocycles. The van der Waals surface area contributed by atoms with Crippen molar-refractivity contribution in [3.63, 3.8) is 0 Å². The normalized spacial score (nSPS) is 11.5. The van der Waals surface area contributed by atoms with E-state index in [1.165, 1.54) is 17.2 Å². The summed E-state index contributed by atoms with van der Waals surface area (Å²) in [6.45, 7) is 4.03. The molecule has 4 aromatic rings. The molecule has 2 aromatic carbocycles. The lowest BCUT2D eigenvalue weighted by Gasteiger charge is -2.03. The highest BCUT2D eigenvalue weighted by molar-refractivity contribution is 5.82. The number of hydrogen-bond donors (Lipinski definition) is 0. The summed E-state index contributed by atoms with van der Waals surface area (Å²) in [4.78, 5) is 17.1. The number of aromatic nitrogens is 4. The third-order valence-electron chi connectivity index (χ3n) is 4.23. The molecule has 0 saturated heterocycles. The van der Waals surface area contributed by atoms with Crippen LogP contribution >= 0.6 is 0 Å². The van der Waals surface area contributed by atoms with E-state index in [2.05, 4.69) is 15.2 Å². The van der Waals surface area contributed by atoms with Gasteiger partial charge in [-0.15, -0.1) is 0 Å². The van der Waals surface area contributed by atoms with Crippen LogP contribution in [0, 0.1) is 13.8 Å².